The second kappa shape index (κ2) is 4.48. The summed E-state index contributed by atoms with van der Waals surface area (Å²) in [6, 6.07) is 0. The molecule has 1 aliphatic heterocycles. The molecule has 0 bridgehead atoms. The summed E-state index contributed by atoms with van der Waals surface area (Å²) >= 11 is 0. The molecule has 6 nitrogen and oxygen atoms in total. The van der Waals surface area contributed by atoms with E-state index >= 15 is 0 Å². The summed E-state index contributed by atoms with van der Waals surface area (Å²) < 4.78 is 0. The first-order valence-corrected chi connectivity index (χ1v) is 4.85. The van der Waals surface area contributed by atoms with E-state index in [1.165, 1.54) is 0 Å². The Morgan fingerprint density at radius 3 is 1.53 bits per heavy atom. The number of guanidine groups is 2. The lowest BCUT2D eigenvalue weighted by Gasteiger charge is -2.30. The highest BCUT2D eigenvalue weighted by molar-refractivity contribution is 5.99. The van der Waals surface area contributed by atoms with E-state index in [4.69, 9.17) is 0 Å². The van der Waals surface area contributed by atoms with Crippen LogP contribution in [0.4, 0.5) is 0 Å². The molecule has 0 saturated heterocycles. The maximum Gasteiger partial charge on any atom is 0.203 e. The molecule has 15 heavy (non-hydrogen) atoms. The van der Waals surface area contributed by atoms with Crippen molar-refractivity contribution in [3.8, 4) is 0 Å². The quantitative estimate of drug-likeness (QED) is 0.622. The molecule has 0 fully saturated rings. The number of nitrogens with zero attached hydrogens (tertiary/aromatic N) is 5. The van der Waals surface area contributed by atoms with Crippen LogP contribution < -0.4 is 5.32 Å². The maximum absolute atomic E-state index is 4.46. The van der Waals surface area contributed by atoms with Gasteiger partial charge < -0.3 is 9.80 Å². The van der Waals surface area contributed by atoms with Crippen LogP contribution in [0, 0.1) is 0 Å². The number of hydrogen-bond donors (Lipinski definition) is 1. The molecule has 6 heteroatoms. The summed E-state index contributed by atoms with van der Waals surface area (Å²) in [5.41, 5.74) is 0. The van der Waals surface area contributed by atoms with Gasteiger partial charge in [0.15, 0.2) is 0 Å². The van der Waals surface area contributed by atoms with Crippen LogP contribution in [0.15, 0.2) is 9.98 Å². The van der Waals surface area contributed by atoms with Crippen LogP contribution in [0.2, 0.25) is 0 Å². The number of aliphatic imine (C=N–C) groups is 2. The lowest BCUT2D eigenvalue weighted by molar-refractivity contribution is 0.301. The van der Waals surface area contributed by atoms with Gasteiger partial charge in [-0.1, -0.05) is 0 Å². The molecular weight excluding hydrogens is 192 g/mol. The van der Waals surface area contributed by atoms with Crippen molar-refractivity contribution in [3.63, 3.8) is 0 Å². The van der Waals surface area contributed by atoms with Crippen molar-refractivity contribution in [2.24, 2.45) is 9.98 Å². The van der Waals surface area contributed by atoms with Crippen molar-refractivity contribution in [2.45, 2.75) is 6.29 Å². The van der Waals surface area contributed by atoms with Gasteiger partial charge in [-0.2, -0.15) is 0 Å². The topological polar surface area (TPSA) is 46.5 Å². The Kier molecular flexibility index (Phi) is 3.52. The predicted octanol–water partition coefficient (Wildman–Crippen LogP) is -0.730. The van der Waals surface area contributed by atoms with E-state index in [0.717, 1.165) is 11.9 Å². The third kappa shape index (κ3) is 2.82. The summed E-state index contributed by atoms with van der Waals surface area (Å²) in [6.07, 6.45) is -0.152. The third-order valence-corrected chi connectivity index (χ3v) is 2.01. The second-order valence-electron chi connectivity index (χ2n) is 4.13. The van der Waals surface area contributed by atoms with Gasteiger partial charge in [0, 0.05) is 28.2 Å². The van der Waals surface area contributed by atoms with Crippen LogP contribution in [0.25, 0.3) is 0 Å². The van der Waals surface area contributed by atoms with Crippen molar-refractivity contribution >= 4 is 11.9 Å². The fourth-order valence-electron chi connectivity index (χ4n) is 1.10. The molecule has 0 aromatic rings. The Hall–Kier alpha value is -1.30. The van der Waals surface area contributed by atoms with Gasteiger partial charge in [0.1, 0.15) is 0 Å². The molecule has 0 spiro atoms. The van der Waals surface area contributed by atoms with Crippen LogP contribution in [0.5, 0.6) is 0 Å². The highest BCUT2D eigenvalue weighted by Gasteiger charge is 2.19. The molecule has 0 radical (unpaired) electrons. The summed E-state index contributed by atoms with van der Waals surface area (Å²) in [5, 5.41) is 3.16. The molecule has 86 valence electrons. The van der Waals surface area contributed by atoms with Crippen molar-refractivity contribution < 1.29 is 0 Å². The third-order valence-electron chi connectivity index (χ3n) is 2.01. The Morgan fingerprint density at radius 1 is 0.867 bits per heavy atom. The standard InChI is InChI=1S/C9H20N6/c1-13(2)7-10-8(14(3)4)12-9(11-7)15(5)6/h7H,1-6H3,(H,10,11,12). The molecular formula is C9H20N6. The minimum atomic E-state index is -0.152. The fourth-order valence-corrected chi connectivity index (χ4v) is 1.10. The van der Waals surface area contributed by atoms with E-state index in [-0.39, 0.29) is 6.29 Å². The molecule has 0 amide bonds. The van der Waals surface area contributed by atoms with Gasteiger partial charge in [0.05, 0.1) is 0 Å². The van der Waals surface area contributed by atoms with E-state index in [2.05, 4.69) is 15.3 Å². The number of rotatable bonds is 1. The SMILES string of the molecule is CN(C)C1=NC(N(C)C)N=C(N(C)C)N1. The molecule has 1 rings (SSSR count). The smallest absolute Gasteiger partial charge is 0.203 e. The van der Waals surface area contributed by atoms with E-state index in [1.807, 2.05) is 57.0 Å². The van der Waals surface area contributed by atoms with Gasteiger partial charge in [-0.3, -0.25) is 10.2 Å². The average molecular weight is 212 g/mol. The zero-order chi connectivity index (χ0) is 11.6. The predicted molar refractivity (Wildman–Crippen MR) is 62.9 cm³/mol. The molecule has 1 heterocycles. The van der Waals surface area contributed by atoms with Crippen LogP contribution in [0.1, 0.15) is 0 Å². The molecule has 1 N–H and O–H groups in total. The molecule has 1 aliphatic rings. The zero-order valence-electron chi connectivity index (χ0n) is 10.3. The van der Waals surface area contributed by atoms with Gasteiger partial charge in [0.25, 0.3) is 0 Å². The Balaban J connectivity index is 2.89. The van der Waals surface area contributed by atoms with Crippen LogP contribution in [-0.4, -0.2) is 75.2 Å². The van der Waals surface area contributed by atoms with Gasteiger partial charge in [0.2, 0.25) is 18.2 Å². The Morgan fingerprint density at radius 2 is 1.27 bits per heavy atom. The molecule has 0 aliphatic carbocycles. The first-order chi connectivity index (χ1) is 6.91. The average Bonchev–Trinajstić information content (AvgIpc) is 2.16. The zero-order valence-corrected chi connectivity index (χ0v) is 10.3. The van der Waals surface area contributed by atoms with E-state index < -0.39 is 0 Å². The van der Waals surface area contributed by atoms with Crippen molar-refractivity contribution in [3.05, 3.63) is 0 Å². The van der Waals surface area contributed by atoms with E-state index in [1.54, 1.807) is 0 Å². The van der Waals surface area contributed by atoms with Crippen molar-refractivity contribution in [1.29, 1.82) is 0 Å². The van der Waals surface area contributed by atoms with Crippen LogP contribution in [0.3, 0.4) is 0 Å². The minimum Gasteiger partial charge on any atom is -0.349 e. The van der Waals surface area contributed by atoms with Crippen LogP contribution >= 0.6 is 0 Å². The van der Waals surface area contributed by atoms with E-state index in [9.17, 15) is 0 Å². The summed E-state index contributed by atoms with van der Waals surface area (Å²) in [4.78, 5) is 14.8. The highest BCUT2D eigenvalue weighted by Crippen LogP contribution is 2.04. The molecule has 0 saturated carbocycles. The largest absolute Gasteiger partial charge is 0.349 e. The lowest BCUT2D eigenvalue weighted by atomic mass is 10.6. The molecule has 0 aromatic carbocycles. The second-order valence-corrected chi connectivity index (χ2v) is 4.13. The fraction of sp³-hybridized carbons (Fsp3) is 0.778. The van der Waals surface area contributed by atoms with Gasteiger partial charge in [-0.05, 0) is 14.1 Å². The maximum atomic E-state index is 4.46. The minimum absolute atomic E-state index is 0.152. The highest BCUT2D eigenvalue weighted by atomic mass is 15.5. The summed E-state index contributed by atoms with van der Waals surface area (Å²) in [5.74, 6) is 1.65. The Labute approximate surface area is 91.3 Å². The van der Waals surface area contributed by atoms with Gasteiger partial charge >= 0.3 is 0 Å². The summed E-state index contributed by atoms with van der Waals surface area (Å²) in [6.45, 7) is 0. The summed E-state index contributed by atoms with van der Waals surface area (Å²) in [7, 11) is 11.7. The molecule has 0 unspecified atom stereocenters. The lowest BCUT2D eigenvalue weighted by Crippen LogP contribution is -2.51. The van der Waals surface area contributed by atoms with E-state index in [0.29, 0.717) is 0 Å². The van der Waals surface area contributed by atoms with Gasteiger partial charge in [-0.25, -0.2) is 9.98 Å². The van der Waals surface area contributed by atoms with Crippen molar-refractivity contribution in [2.75, 3.05) is 42.3 Å². The number of hydrogen-bond acceptors (Lipinski definition) is 6. The first kappa shape index (κ1) is 11.8. The van der Waals surface area contributed by atoms with Gasteiger partial charge in [-0.15, -0.1) is 0 Å². The normalized spacial score (nSPS) is 17.0. The molecule has 0 atom stereocenters. The molecule has 0 aromatic heterocycles. The monoisotopic (exact) mass is 212 g/mol. The Bertz CT molecular complexity index is 254. The first-order valence-electron chi connectivity index (χ1n) is 4.85. The van der Waals surface area contributed by atoms with Crippen LogP contribution in [-0.2, 0) is 0 Å². The number of nitrogens with one attached hydrogen (secondary N) is 1. The van der Waals surface area contributed by atoms with Crippen molar-refractivity contribution in [1.82, 2.24) is 20.0 Å².